The van der Waals surface area contributed by atoms with Crippen LogP contribution < -0.4 is 15.2 Å². The fourth-order valence-electron chi connectivity index (χ4n) is 2.22. The number of benzene rings is 2. The van der Waals surface area contributed by atoms with E-state index in [0.717, 1.165) is 0 Å². The molecule has 0 radical (unpaired) electrons. The lowest BCUT2D eigenvalue weighted by Gasteiger charge is -2.16. The molecule has 0 amide bonds. The Morgan fingerprint density at radius 2 is 1.71 bits per heavy atom. The number of aliphatic hydroxyl groups excluding tert-OH is 1. The predicted octanol–water partition coefficient (Wildman–Crippen LogP) is 2.70. The molecule has 0 fully saturated rings. The number of nitrogen functional groups attached to an aromatic ring is 1. The molecule has 5 heteroatoms. The fraction of sp³-hybridized carbons (Fsp3) is 0.250. The maximum Gasteiger partial charge on any atom is 0.168 e. The van der Waals surface area contributed by atoms with Gasteiger partial charge < -0.3 is 20.3 Å². The Morgan fingerprint density at radius 3 is 2.38 bits per heavy atom. The average molecular weight is 291 g/mol. The number of halogens is 1. The first-order valence-electron chi connectivity index (χ1n) is 6.50. The third-order valence-corrected chi connectivity index (χ3v) is 3.36. The van der Waals surface area contributed by atoms with Gasteiger partial charge in [0.05, 0.1) is 26.0 Å². The van der Waals surface area contributed by atoms with E-state index in [1.807, 2.05) is 0 Å². The molecule has 2 aromatic carbocycles. The zero-order valence-electron chi connectivity index (χ0n) is 12.0. The number of anilines is 1. The van der Waals surface area contributed by atoms with Crippen molar-refractivity contribution in [1.29, 1.82) is 0 Å². The Morgan fingerprint density at radius 1 is 1.10 bits per heavy atom. The van der Waals surface area contributed by atoms with Gasteiger partial charge in [-0.25, -0.2) is 4.39 Å². The van der Waals surface area contributed by atoms with Gasteiger partial charge in [0.1, 0.15) is 5.75 Å². The van der Waals surface area contributed by atoms with E-state index in [1.165, 1.54) is 20.3 Å². The van der Waals surface area contributed by atoms with Gasteiger partial charge in [0.25, 0.3) is 0 Å². The third-order valence-electron chi connectivity index (χ3n) is 3.36. The number of hydrogen-bond acceptors (Lipinski definition) is 4. The quantitative estimate of drug-likeness (QED) is 0.831. The van der Waals surface area contributed by atoms with Crippen molar-refractivity contribution in [1.82, 2.24) is 0 Å². The molecule has 21 heavy (non-hydrogen) atoms. The first-order valence-corrected chi connectivity index (χ1v) is 6.50. The molecule has 3 N–H and O–H groups in total. The zero-order chi connectivity index (χ0) is 15.4. The van der Waals surface area contributed by atoms with Crippen molar-refractivity contribution < 1.29 is 19.0 Å². The van der Waals surface area contributed by atoms with Gasteiger partial charge in [-0.05, 0) is 17.7 Å². The average Bonchev–Trinajstić information content (AvgIpc) is 2.49. The Balaban J connectivity index is 2.28. The summed E-state index contributed by atoms with van der Waals surface area (Å²) in [5, 5.41) is 10.3. The molecule has 0 bridgehead atoms. The smallest absolute Gasteiger partial charge is 0.168 e. The first-order chi connectivity index (χ1) is 10.1. The van der Waals surface area contributed by atoms with Crippen LogP contribution in [0.3, 0.4) is 0 Å². The minimum Gasteiger partial charge on any atom is -0.495 e. The highest BCUT2D eigenvalue weighted by atomic mass is 19.1. The van der Waals surface area contributed by atoms with Crippen LogP contribution in [0.15, 0.2) is 36.4 Å². The predicted molar refractivity (Wildman–Crippen MR) is 79.0 cm³/mol. The lowest BCUT2D eigenvalue weighted by Crippen LogP contribution is -2.08. The molecule has 0 aliphatic heterocycles. The van der Waals surface area contributed by atoms with Crippen molar-refractivity contribution in [3.63, 3.8) is 0 Å². The van der Waals surface area contributed by atoms with E-state index < -0.39 is 11.9 Å². The lowest BCUT2D eigenvalue weighted by molar-refractivity contribution is 0.177. The molecule has 0 aliphatic rings. The Kier molecular flexibility index (Phi) is 4.65. The van der Waals surface area contributed by atoms with Crippen LogP contribution in [-0.4, -0.2) is 19.3 Å². The molecule has 1 atom stereocenters. The zero-order valence-corrected chi connectivity index (χ0v) is 12.0. The van der Waals surface area contributed by atoms with E-state index in [4.69, 9.17) is 15.2 Å². The summed E-state index contributed by atoms with van der Waals surface area (Å²) in [5.74, 6) is 0.163. The van der Waals surface area contributed by atoms with Gasteiger partial charge in [-0.15, -0.1) is 0 Å². The second-order valence-electron chi connectivity index (χ2n) is 4.62. The Hall–Kier alpha value is -2.27. The largest absolute Gasteiger partial charge is 0.495 e. The lowest BCUT2D eigenvalue weighted by atomic mass is 9.99. The summed E-state index contributed by atoms with van der Waals surface area (Å²) >= 11 is 0. The normalized spacial score (nSPS) is 12.0. The molecule has 2 rings (SSSR count). The minimum atomic E-state index is -0.929. The second kappa shape index (κ2) is 6.45. The Labute approximate surface area is 122 Å². The van der Waals surface area contributed by atoms with Crippen LogP contribution in [0.4, 0.5) is 10.1 Å². The molecular weight excluding hydrogens is 273 g/mol. The van der Waals surface area contributed by atoms with Gasteiger partial charge >= 0.3 is 0 Å². The van der Waals surface area contributed by atoms with Gasteiger partial charge in [-0.3, -0.25) is 0 Å². The molecule has 1 unspecified atom stereocenters. The van der Waals surface area contributed by atoms with Gasteiger partial charge in [0.15, 0.2) is 11.6 Å². The molecule has 0 saturated heterocycles. The highest BCUT2D eigenvalue weighted by molar-refractivity contribution is 5.59. The summed E-state index contributed by atoms with van der Waals surface area (Å²) < 4.78 is 24.2. The van der Waals surface area contributed by atoms with E-state index in [1.54, 1.807) is 30.3 Å². The molecule has 0 aliphatic carbocycles. The highest BCUT2D eigenvalue weighted by Gasteiger charge is 2.17. The summed E-state index contributed by atoms with van der Waals surface area (Å²) in [5.41, 5.74) is 7.17. The molecule has 2 aromatic rings. The van der Waals surface area contributed by atoms with Gasteiger partial charge in [0.2, 0.25) is 0 Å². The molecular formula is C16H18FNO3. The maximum atomic E-state index is 14.1. The highest BCUT2D eigenvalue weighted by Crippen LogP contribution is 2.32. The molecule has 0 saturated carbocycles. The van der Waals surface area contributed by atoms with Crippen molar-refractivity contribution in [2.75, 3.05) is 20.0 Å². The van der Waals surface area contributed by atoms with Crippen LogP contribution in [-0.2, 0) is 6.42 Å². The summed E-state index contributed by atoms with van der Waals surface area (Å²) in [6.45, 7) is 0. The summed E-state index contributed by atoms with van der Waals surface area (Å²) in [7, 11) is 2.91. The van der Waals surface area contributed by atoms with Crippen LogP contribution >= 0.6 is 0 Å². The maximum absolute atomic E-state index is 14.1. The summed E-state index contributed by atoms with van der Waals surface area (Å²) in [6.07, 6.45) is -0.831. The van der Waals surface area contributed by atoms with Crippen LogP contribution in [0.2, 0.25) is 0 Å². The number of hydrogen-bond donors (Lipinski definition) is 2. The van der Waals surface area contributed by atoms with Crippen molar-refractivity contribution in [2.45, 2.75) is 12.5 Å². The van der Waals surface area contributed by atoms with Crippen molar-refractivity contribution in [3.05, 3.63) is 53.3 Å². The van der Waals surface area contributed by atoms with Gasteiger partial charge in [-0.2, -0.15) is 0 Å². The number of nitrogens with two attached hydrogens (primary N) is 1. The van der Waals surface area contributed by atoms with Crippen LogP contribution in [0.5, 0.6) is 11.5 Å². The van der Waals surface area contributed by atoms with E-state index in [2.05, 4.69) is 0 Å². The number of para-hydroxylation sites is 1. The minimum absolute atomic E-state index is 0.0976. The van der Waals surface area contributed by atoms with E-state index >= 15 is 0 Å². The Bertz CT molecular complexity index is 631. The summed E-state index contributed by atoms with van der Waals surface area (Å²) in [4.78, 5) is 0. The van der Waals surface area contributed by atoms with Crippen LogP contribution in [0.1, 0.15) is 17.2 Å². The third kappa shape index (κ3) is 3.08. The molecule has 0 spiro atoms. The standard InChI is InChI=1S/C16H18FNO3/c1-20-13-7-3-5-10(15(13)17)9-12(19)11-6-4-8-14(21-2)16(11)18/h3-8,12,19H,9,18H2,1-2H3. The van der Waals surface area contributed by atoms with Crippen molar-refractivity contribution in [2.24, 2.45) is 0 Å². The van der Waals surface area contributed by atoms with Crippen LogP contribution in [0, 0.1) is 5.82 Å². The van der Waals surface area contributed by atoms with Crippen molar-refractivity contribution in [3.8, 4) is 11.5 Å². The van der Waals surface area contributed by atoms with E-state index in [9.17, 15) is 9.50 Å². The monoisotopic (exact) mass is 291 g/mol. The number of ether oxygens (including phenoxy) is 2. The first kappa shape index (κ1) is 15.1. The molecule has 112 valence electrons. The summed E-state index contributed by atoms with van der Waals surface area (Å²) in [6, 6.07) is 9.95. The SMILES string of the molecule is COc1cccc(C(O)Cc2cccc(OC)c2F)c1N. The molecule has 4 nitrogen and oxygen atoms in total. The number of methoxy groups -OCH3 is 2. The van der Waals surface area contributed by atoms with E-state index in [0.29, 0.717) is 22.6 Å². The van der Waals surface area contributed by atoms with Crippen LogP contribution in [0.25, 0.3) is 0 Å². The second-order valence-corrected chi connectivity index (χ2v) is 4.62. The molecule has 0 aromatic heterocycles. The van der Waals surface area contributed by atoms with E-state index in [-0.39, 0.29) is 12.2 Å². The van der Waals surface area contributed by atoms with Gasteiger partial charge in [-0.1, -0.05) is 24.3 Å². The molecule has 0 heterocycles. The number of rotatable bonds is 5. The topological polar surface area (TPSA) is 64.7 Å². The fourth-order valence-corrected chi connectivity index (χ4v) is 2.22. The number of aliphatic hydroxyl groups is 1. The van der Waals surface area contributed by atoms with Crippen molar-refractivity contribution >= 4 is 5.69 Å². The van der Waals surface area contributed by atoms with Gasteiger partial charge in [0, 0.05) is 12.0 Å².